The molecule has 0 saturated heterocycles. The van der Waals surface area contributed by atoms with Crippen molar-refractivity contribution in [1.29, 1.82) is 0 Å². The van der Waals surface area contributed by atoms with Gasteiger partial charge in [0.15, 0.2) is 0 Å². The van der Waals surface area contributed by atoms with Gasteiger partial charge in [-0.2, -0.15) is 0 Å². The number of aromatic nitrogens is 4. The number of carbonyl (C=O) groups is 1. The fourth-order valence-electron chi connectivity index (χ4n) is 3.24. The van der Waals surface area contributed by atoms with Gasteiger partial charge in [0, 0.05) is 24.5 Å². The monoisotopic (exact) mass is 342 g/mol. The van der Waals surface area contributed by atoms with Crippen LogP contribution in [0.25, 0.3) is 17.0 Å². The number of hydrogen-bond acceptors (Lipinski definition) is 5. The number of anilines is 2. The van der Waals surface area contributed by atoms with Crippen LogP contribution in [0.15, 0.2) is 61.2 Å². The quantitative estimate of drug-likeness (QED) is 0.598. The number of rotatable bonds is 3. The van der Waals surface area contributed by atoms with Crippen molar-refractivity contribution >= 4 is 23.1 Å². The highest BCUT2D eigenvalue weighted by Gasteiger charge is 2.28. The lowest BCUT2D eigenvalue weighted by Gasteiger charge is -2.12. The van der Waals surface area contributed by atoms with E-state index in [-0.39, 0.29) is 5.91 Å². The molecule has 0 aromatic carbocycles. The molecule has 7 nitrogen and oxygen atoms in total. The van der Waals surface area contributed by atoms with Gasteiger partial charge in [0.1, 0.15) is 11.5 Å². The molecule has 1 amide bonds. The molecule has 0 bridgehead atoms. The lowest BCUT2D eigenvalue weighted by molar-refractivity contribution is 0.0966. The Morgan fingerprint density at radius 3 is 2.85 bits per heavy atom. The second kappa shape index (κ2) is 5.66. The van der Waals surface area contributed by atoms with Gasteiger partial charge >= 0.3 is 0 Å². The highest BCUT2D eigenvalue weighted by molar-refractivity contribution is 6.05. The minimum atomic E-state index is -0.115. The molecule has 0 atom stereocenters. The molecule has 0 fully saturated rings. The van der Waals surface area contributed by atoms with Gasteiger partial charge in [-0.05, 0) is 24.3 Å². The summed E-state index contributed by atoms with van der Waals surface area (Å²) < 4.78 is 1.97. The molecule has 1 aliphatic rings. The van der Waals surface area contributed by atoms with Crippen LogP contribution in [-0.4, -0.2) is 25.3 Å². The Kier molecular flexibility index (Phi) is 3.18. The number of nitrogens with zero attached hydrogens (tertiary/aromatic N) is 4. The molecule has 7 heteroatoms. The van der Waals surface area contributed by atoms with Gasteiger partial charge in [0.2, 0.25) is 0 Å². The van der Waals surface area contributed by atoms with E-state index in [1.54, 1.807) is 18.6 Å². The van der Waals surface area contributed by atoms with E-state index in [0.29, 0.717) is 23.6 Å². The van der Waals surface area contributed by atoms with E-state index in [4.69, 9.17) is 0 Å². The van der Waals surface area contributed by atoms with Gasteiger partial charge in [-0.25, -0.2) is 9.97 Å². The number of hydrogen-bond donors (Lipinski definition) is 2. The number of carbonyl (C=O) groups excluding carboxylic acids is 1. The molecule has 0 radical (unpaired) electrons. The van der Waals surface area contributed by atoms with Gasteiger partial charge in [-0.3, -0.25) is 14.2 Å². The van der Waals surface area contributed by atoms with Crippen LogP contribution in [0.3, 0.4) is 0 Å². The minimum Gasteiger partial charge on any atom is -0.348 e. The van der Waals surface area contributed by atoms with Gasteiger partial charge in [0.25, 0.3) is 5.91 Å². The van der Waals surface area contributed by atoms with Crippen LogP contribution >= 0.6 is 0 Å². The summed E-state index contributed by atoms with van der Waals surface area (Å²) in [5.74, 6) is 0.551. The molecule has 5 rings (SSSR count). The molecule has 0 aliphatic carbocycles. The number of pyridine rings is 3. The van der Waals surface area contributed by atoms with E-state index in [1.165, 1.54) is 0 Å². The van der Waals surface area contributed by atoms with Crippen molar-refractivity contribution in [3.05, 3.63) is 72.3 Å². The topological polar surface area (TPSA) is 84.2 Å². The second-order valence-electron chi connectivity index (χ2n) is 5.97. The first-order chi connectivity index (χ1) is 12.8. The van der Waals surface area contributed by atoms with E-state index in [9.17, 15) is 4.79 Å². The van der Waals surface area contributed by atoms with Crippen LogP contribution in [0.2, 0.25) is 0 Å². The first-order valence-corrected chi connectivity index (χ1v) is 8.22. The number of imidazole rings is 1. The number of amides is 1. The smallest absolute Gasteiger partial charge is 0.254 e. The molecule has 0 spiro atoms. The molecule has 0 saturated carbocycles. The van der Waals surface area contributed by atoms with Crippen LogP contribution in [-0.2, 0) is 6.54 Å². The Balaban J connectivity index is 1.66. The van der Waals surface area contributed by atoms with Crippen molar-refractivity contribution in [1.82, 2.24) is 24.7 Å². The van der Waals surface area contributed by atoms with Crippen LogP contribution in [0, 0.1) is 0 Å². The zero-order valence-corrected chi connectivity index (χ0v) is 13.7. The molecule has 2 N–H and O–H groups in total. The standard InChI is InChI=1S/C19H14N6O/c26-19-17-12(9-23-19)18(14-11-21-16-6-2-4-8-25(14)16)22-10-13(17)24-15-5-1-3-7-20-15/h1-8,10-11H,9H2,(H,20,24)(H,23,26). The summed E-state index contributed by atoms with van der Waals surface area (Å²) in [5, 5.41) is 6.08. The van der Waals surface area contributed by atoms with Crippen molar-refractivity contribution in [3.8, 4) is 11.4 Å². The molecule has 126 valence electrons. The lowest BCUT2D eigenvalue weighted by Crippen LogP contribution is -2.13. The Hall–Kier alpha value is -3.74. The van der Waals surface area contributed by atoms with Crippen molar-refractivity contribution in [2.24, 2.45) is 0 Å². The SMILES string of the molecule is O=C1NCc2c(-c3cnc4ccccn34)ncc(Nc3ccccn3)c21. The fourth-order valence-corrected chi connectivity index (χ4v) is 3.24. The summed E-state index contributed by atoms with van der Waals surface area (Å²) >= 11 is 0. The maximum atomic E-state index is 12.4. The van der Waals surface area contributed by atoms with Crippen molar-refractivity contribution in [2.45, 2.75) is 6.54 Å². The van der Waals surface area contributed by atoms with E-state index < -0.39 is 0 Å². The summed E-state index contributed by atoms with van der Waals surface area (Å²) in [4.78, 5) is 25.7. The molecule has 26 heavy (non-hydrogen) atoms. The third kappa shape index (κ3) is 2.21. The fraction of sp³-hybridized carbons (Fsp3) is 0.0526. The highest BCUT2D eigenvalue weighted by atomic mass is 16.1. The summed E-state index contributed by atoms with van der Waals surface area (Å²) in [6, 6.07) is 11.4. The normalized spacial score (nSPS) is 12.8. The van der Waals surface area contributed by atoms with E-state index in [0.717, 1.165) is 22.6 Å². The van der Waals surface area contributed by atoms with Gasteiger partial charge in [-0.1, -0.05) is 12.1 Å². The zero-order valence-electron chi connectivity index (χ0n) is 13.7. The van der Waals surface area contributed by atoms with Crippen LogP contribution in [0.4, 0.5) is 11.5 Å². The zero-order chi connectivity index (χ0) is 17.5. The molecule has 5 heterocycles. The van der Waals surface area contributed by atoms with Crippen LogP contribution < -0.4 is 10.6 Å². The Labute approximate surface area is 148 Å². The second-order valence-corrected chi connectivity index (χ2v) is 5.97. The van der Waals surface area contributed by atoms with E-state index in [1.807, 2.05) is 47.0 Å². The summed E-state index contributed by atoms with van der Waals surface area (Å²) in [7, 11) is 0. The average Bonchev–Trinajstić information content (AvgIpc) is 3.28. The maximum Gasteiger partial charge on any atom is 0.254 e. The minimum absolute atomic E-state index is 0.115. The molecule has 1 aliphatic heterocycles. The summed E-state index contributed by atoms with van der Waals surface area (Å²) in [6.07, 6.45) is 7.10. The first-order valence-electron chi connectivity index (χ1n) is 8.22. The van der Waals surface area contributed by atoms with Crippen molar-refractivity contribution in [2.75, 3.05) is 5.32 Å². The van der Waals surface area contributed by atoms with E-state index in [2.05, 4.69) is 25.6 Å². The van der Waals surface area contributed by atoms with Gasteiger partial charge in [-0.15, -0.1) is 0 Å². The molecular weight excluding hydrogens is 328 g/mol. The summed E-state index contributed by atoms with van der Waals surface area (Å²) in [6.45, 7) is 0.439. The van der Waals surface area contributed by atoms with E-state index >= 15 is 0 Å². The summed E-state index contributed by atoms with van der Waals surface area (Å²) in [5.41, 5.74) is 4.56. The highest BCUT2D eigenvalue weighted by Crippen LogP contribution is 2.33. The molecule has 0 unspecified atom stereocenters. The molecule has 4 aromatic heterocycles. The largest absolute Gasteiger partial charge is 0.348 e. The predicted molar refractivity (Wildman–Crippen MR) is 97.1 cm³/mol. The Bertz CT molecular complexity index is 1140. The van der Waals surface area contributed by atoms with Crippen molar-refractivity contribution in [3.63, 3.8) is 0 Å². The molecule has 4 aromatic rings. The maximum absolute atomic E-state index is 12.4. The first kappa shape index (κ1) is 14.6. The van der Waals surface area contributed by atoms with Gasteiger partial charge in [0.05, 0.1) is 35.0 Å². The van der Waals surface area contributed by atoms with Crippen molar-refractivity contribution < 1.29 is 4.79 Å². The Morgan fingerprint density at radius 2 is 1.96 bits per heavy atom. The van der Waals surface area contributed by atoms with Gasteiger partial charge < -0.3 is 10.6 Å². The average molecular weight is 342 g/mol. The predicted octanol–water partition coefficient (Wildman–Crippen LogP) is 2.78. The number of nitrogens with one attached hydrogen (secondary N) is 2. The third-order valence-electron chi connectivity index (χ3n) is 4.42. The van der Waals surface area contributed by atoms with Crippen LogP contribution in [0.5, 0.6) is 0 Å². The Morgan fingerprint density at radius 1 is 1.04 bits per heavy atom. The third-order valence-corrected chi connectivity index (χ3v) is 4.42. The van der Waals surface area contributed by atoms with Crippen LogP contribution in [0.1, 0.15) is 15.9 Å². The lowest BCUT2D eigenvalue weighted by atomic mass is 10.1. The molecular formula is C19H14N6O. The number of fused-ring (bicyclic) bond motifs is 2.